The van der Waals surface area contributed by atoms with Gasteiger partial charge in [0.25, 0.3) is 5.69 Å². The van der Waals surface area contributed by atoms with Gasteiger partial charge >= 0.3 is 5.97 Å². The van der Waals surface area contributed by atoms with Crippen LogP contribution in [0.2, 0.25) is 0 Å². The van der Waals surface area contributed by atoms with Crippen molar-refractivity contribution >= 4 is 33.3 Å². The van der Waals surface area contributed by atoms with Crippen molar-refractivity contribution in [1.29, 1.82) is 0 Å². The number of aliphatic imine (C=N–C) groups is 1. The molecule has 11 nitrogen and oxygen atoms in total. The minimum Gasteiger partial charge on any atom is -0.458 e. The highest BCUT2D eigenvalue weighted by molar-refractivity contribution is 7.89. The molecule has 0 heterocycles. The van der Waals surface area contributed by atoms with Gasteiger partial charge in [0.05, 0.1) is 10.6 Å². The number of likely N-dealkylation sites (N-methyl/N-ethyl adjacent to an activating group) is 1. The minimum absolute atomic E-state index is 0.00855. The van der Waals surface area contributed by atoms with E-state index in [2.05, 4.69) is 11.6 Å². The van der Waals surface area contributed by atoms with Gasteiger partial charge in [0.1, 0.15) is 17.0 Å². The average Bonchev–Trinajstić information content (AvgIpc) is 3.17. The summed E-state index contributed by atoms with van der Waals surface area (Å²) in [7, 11) is -4.93. The molecule has 1 aromatic rings. The fraction of sp³-hybridized carbons (Fsp3) is 0.474. The Hall–Kier alpha value is -2.99. The molecular formula is C19H27N5O6S. The first-order valence-corrected chi connectivity index (χ1v) is 10.9. The zero-order valence-electron chi connectivity index (χ0n) is 19.8. The first kappa shape index (κ1) is 19.9. The molecule has 0 atom stereocenters. The summed E-state index contributed by atoms with van der Waals surface area (Å²) in [6.45, 7) is -0.732. The molecule has 170 valence electrons. The van der Waals surface area contributed by atoms with Crippen molar-refractivity contribution in [3.8, 4) is 0 Å². The van der Waals surface area contributed by atoms with E-state index >= 15 is 0 Å². The van der Waals surface area contributed by atoms with Crippen molar-refractivity contribution in [3.05, 3.63) is 41.0 Å². The fourth-order valence-corrected chi connectivity index (χ4v) is 4.57. The molecular weight excluding hydrogens is 426 g/mol. The second-order valence-electron chi connectivity index (χ2n) is 7.15. The van der Waals surface area contributed by atoms with Crippen LogP contribution in [0.15, 0.2) is 40.7 Å². The van der Waals surface area contributed by atoms with Crippen LogP contribution in [0.4, 0.5) is 11.4 Å². The van der Waals surface area contributed by atoms with Gasteiger partial charge in [-0.3, -0.25) is 14.9 Å². The van der Waals surface area contributed by atoms with Gasteiger partial charge in [-0.15, -0.1) is 6.58 Å². The van der Waals surface area contributed by atoms with Gasteiger partial charge in [-0.1, -0.05) is 6.08 Å². The number of nitrogens with zero attached hydrogens (tertiary/aromatic N) is 3. The highest BCUT2D eigenvalue weighted by atomic mass is 32.2. The number of non-ortho nitro benzene ring substituents is 1. The number of carbonyl (C=O) groups excluding carboxylic acids is 1. The zero-order chi connectivity index (χ0) is 25.7. The molecule has 2 rings (SSSR count). The van der Waals surface area contributed by atoms with E-state index < -0.39 is 62.3 Å². The molecule has 1 aliphatic rings. The number of nitro groups is 1. The molecule has 0 bridgehead atoms. The van der Waals surface area contributed by atoms with Gasteiger partial charge in [-0.25, -0.2) is 13.4 Å². The lowest BCUT2D eigenvalue weighted by Crippen LogP contribution is -2.38. The zero-order valence-corrected chi connectivity index (χ0v) is 17.6. The van der Waals surface area contributed by atoms with Gasteiger partial charge in [0, 0.05) is 23.2 Å². The van der Waals surface area contributed by atoms with Crippen LogP contribution in [-0.4, -0.2) is 48.7 Å². The van der Waals surface area contributed by atoms with Crippen LogP contribution in [0, 0.1) is 10.1 Å². The monoisotopic (exact) mass is 456 g/mol. The predicted molar refractivity (Wildman–Crippen MR) is 115 cm³/mol. The molecule has 0 radical (unpaired) electrons. The van der Waals surface area contributed by atoms with Gasteiger partial charge < -0.3 is 16.2 Å². The van der Waals surface area contributed by atoms with Crippen molar-refractivity contribution in [3.63, 3.8) is 0 Å². The van der Waals surface area contributed by atoms with Crippen LogP contribution >= 0.6 is 0 Å². The number of allylic oxidation sites excluding steroid dienone is 1. The normalized spacial score (nSPS) is 17.3. The van der Waals surface area contributed by atoms with Crippen LogP contribution in [0.1, 0.15) is 42.6 Å². The quantitative estimate of drug-likeness (QED) is 0.134. The number of esters is 1. The second-order valence-corrected chi connectivity index (χ2v) is 8.98. The number of ether oxygens (including phenoxy) is 1. The van der Waals surface area contributed by atoms with E-state index in [0.717, 1.165) is 31.0 Å². The number of rotatable bonds is 10. The molecule has 0 aromatic heterocycles. The Kier molecular flexibility index (Phi) is 6.35. The van der Waals surface area contributed by atoms with Crippen LogP contribution < -0.4 is 11.5 Å². The maximum absolute atomic E-state index is 13.3. The molecule has 31 heavy (non-hydrogen) atoms. The second kappa shape index (κ2) is 9.88. The third-order valence-corrected chi connectivity index (χ3v) is 6.50. The Morgan fingerprint density at radius 1 is 1.45 bits per heavy atom. The lowest BCUT2D eigenvalue weighted by Gasteiger charge is -2.29. The number of guanidine groups is 1. The van der Waals surface area contributed by atoms with E-state index in [1.807, 2.05) is 0 Å². The number of nitro benzene ring substituents is 1. The van der Waals surface area contributed by atoms with E-state index in [-0.39, 0.29) is 4.31 Å². The first-order valence-electron chi connectivity index (χ1n) is 11.0. The standard InChI is InChI=1S/C19H27N5O6S/c1-3-4-9-19(10-5-6-11-19)30-17(25)13-23(2)31(28,29)16-8-7-14(24(26)27)12-15(16)22-18(20)21/h3,7-8,12H,1,4-6,9-11,13H2,2H3,(H4,20,21,22)/i2D3. The van der Waals surface area contributed by atoms with Gasteiger partial charge in [0.2, 0.25) is 10.0 Å². The summed E-state index contributed by atoms with van der Waals surface area (Å²) in [5.74, 6) is -1.64. The number of benzene rings is 1. The summed E-state index contributed by atoms with van der Waals surface area (Å²) in [5, 5.41) is 11.1. The molecule has 0 spiro atoms. The van der Waals surface area contributed by atoms with Crippen molar-refractivity contribution in [2.45, 2.75) is 49.0 Å². The average molecular weight is 457 g/mol. The topological polar surface area (TPSA) is 171 Å². The highest BCUT2D eigenvalue weighted by Gasteiger charge is 2.38. The summed E-state index contributed by atoms with van der Waals surface area (Å²) in [5.41, 5.74) is 8.73. The van der Waals surface area contributed by atoms with Crippen molar-refractivity contribution in [2.24, 2.45) is 16.5 Å². The van der Waals surface area contributed by atoms with E-state index in [1.165, 1.54) is 0 Å². The van der Waals surface area contributed by atoms with Gasteiger partial charge in [0.15, 0.2) is 5.96 Å². The number of nitrogens with two attached hydrogens (primary N) is 2. The van der Waals surface area contributed by atoms with Crippen LogP contribution in [0.5, 0.6) is 0 Å². The maximum atomic E-state index is 13.3. The van der Waals surface area contributed by atoms with Crippen LogP contribution in [0.3, 0.4) is 0 Å². The predicted octanol–water partition coefficient (Wildman–Crippen LogP) is 1.94. The van der Waals surface area contributed by atoms with E-state index in [0.29, 0.717) is 25.7 Å². The van der Waals surface area contributed by atoms with Gasteiger partial charge in [-0.05, 0) is 44.6 Å². The van der Waals surface area contributed by atoms with E-state index in [4.69, 9.17) is 20.3 Å². The summed E-state index contributed by atoms with van der Waals surface area (Å²) < 4.78 is 55.4. The molecule has 0 saturated heterocycles. The third-order valence-electron chi connectivity index (χ3n) is 4.89. The molecule has 1 fully saturated rings. The smallest absolute Gasteiger partial charge is 0.321 e. The Labute approximate surface area is 185 Å². The van der Waals surface area contributed by atoms with Crippen molar-refractivity contribution in [1.82, 2.24) is 4.31 Å². The molecule has 0 amide bonds. The minimum atomic E-state index is -4.93. The van der Waals surface area contributed by atoms with E-state index in [1.54, 1.807) is 6.08 Å². The Balaban J connectivity index is 2.45. The maximum Gasteiger partial charge on any atom is 0.321 e. The highest BCUT2D eigenvalue weighted by Crippen LogP contribution is 2.37. The molecule has 0 aliphatic heterocycles. The lowest BCUT2D eigenvalue weighted by atomic mass is 9.95. The molecule has 1 aliphatic carbocycles. The van der Waals surface area contributed by atoms with Gasteiger partial charge in [-0.2, -0.15) is 4.31 Å². The lowest BCUT2D eigenvalue weighted by molar-refractivity contribution is -0.384. The largest absolute Gasteiger partial charge is 0.458 e. The molecule has 0 unspecified atom stereocenters. The number of carbonyl (C=O) groups is 1. The fourth-order valence-electron chi connectivity index (χ4n) is 3.45. The SMILES string of the molecule is [2H]C([2H])([2H])N(CC(=O)OC1(CCC=C)CCCC1)S(=O)(=O)c1ccc([N+](=O)[O-])cc1N=C(N)N. The van der Waals surface area contributed by atoms with E-state index in [9.17, 15) is 23.3 Å². The van der Waals surface area contributed by atoms with Crippen LogP contribution in [-0.2, 0) is 19.6 Å². The Morgan fingerprint density at radius 3 is 2.68 bits per heavy atom. The van der Waals surface area contributed by atoms with Crippen LogP contribution in [0.25, 0.3) is 0 Å². The first-order chi connectivity index (χ1) is 15.7. The molecule has 1 aromatic carbocycles. The summed E-state index contributed by atoms with van der Waals surface area (Å²) in [4.78, 5) is 25.9. The van der Waals surface area contributed by atoms with Crippen molar-refractivity contribution in [2.75, 3.05) is 13.5 Å². The van der Waals surface area contributed by atoms with Crippen molar-refractivity contribution < 1.29 is 27.0 Å². The number of hydrogen-bond acceptors (Lipinski definition) is 7. The Morgan fingerprint density at radius 2 is 2.13 bits per heavy atom. The molecule has 4 N–H and O–H groups in total. The Bertz CT molecular complexity index is 1080. The molecule has 12 heteroatoms. The summed E-state index contributed by atoms with van der Waals surface area (Å²) in [6.07, 6.45) is 5.51. The molecule has 1 saturated carbocycles. The third kappa shape index (κ3) is 6.01. The number of sulfonamides is 1. The summed E-state index contributed by atoms with van der Waals surface area (Å²) >= 11 is 0. The number of hydrogen-bond donors (Lipinski definition) is 2. The summed E-state index contributed by atoms with van der Waals surface area (Å²) in [6, 6.07) is 2.45.